The first-order valence-electron chi connectivity index (χ1n) is 7.13. The van der Waals surface area contributed by atoms with Crippen molar-refractivity contribution in [3.8, 4) is 0 Å². The molecule has 0 amide bonds. The summed E-state index contributed by atoms with van der Waals surface area (Å²) in [5, 5.41) is 3.24. The van der Waals surface area contributed by atoms with Crippen LogP contribution in [0.5, 0.6) is 0 Å². The summed E-state index contributed by atoms with van der Waals surface area (Å²) in [5.74, 6) is 0. The highest BCUT2D eigenvalue weighted by Crippen LogP contribution is 2.24. The highest BCUT2D eigenvalue weighted by Gasteiger charge is 2.30. The van der Waals surface area contributed by atoms with E-state index in [4.69, 9.17) is 0 Å². The van der Waals surface area contributed by atoms with E-state index in [2.05, 4.69) is 10.0 Å². The van der Waals surface area contributed by atoms with Crippen molar-refractivity contribution in [2.45, 2.75) is 24.7 Å². The van der Waals surface area contributed by atoms with Crippen LogP contribution in [-0.2, 0) is 24.1 Å². The molecule has 0 radical (unpaired) electrons. The molecule has 10 heteroatoms. The molecular weight excluding hydrogens is 344 g/mol. The lowest BCUT2D eigenvalue weighted by atomic mass is 9.83. The van der Waals surface area contributed by atoms with Crippen molar-refractivity contribution in [2.24, 2.45) is 19.5 Å². The van der Waals surface area contributed by atoms with Gasteiger partial charge in [-0.25, -0.2) is 17.9 Å². The smallest absolute Gasteiger partial charge is 0.316 e. The topological polar surface area (TPSA) is 102 Å². The zero-order valence-electron chi connectivity index (χ0n) is 13.5. The van der Waals surface area contributed by atoms with Gasteiger partial charge in [-0.05, 0) is 24.8 Å². The van der Waals surface area contributed by atoms with E-state index in [1.54, 1.807) is 0 Å². The van der Waals surface area contributed by atoms with Crippen LogP contribution in [0.15, 0.2) is 20.7 Å². The molecule has 8 nitrogen and oxygen atoms in total. The largest absolute Gasteiger partial charge is 0.330 e. The van der Waals surface area contributed by atoms with Gasteiger partial charge in [0.2, 0.25) is 10.0 Å². The number of aryl methyl sites for hydroxylation is 1. The standard InChI is InChI=1S/C13H22N4O4S.ClH/c1-13(5-4-6-14-8-13)9-15-22(20,21)10-7-16(2)12(19)17(3)11(10)18;/h7,14-15H,4-6,8-9H2,1-3H3;1H. The fourth-order valence-electron chi connectivity index (χ4n) is 2.58. The summed E-state index contributed by atoms with van der Waals surface area (Å²) >= 11 is 0. The lowest BCUT2D eigenvalue weighted by Crippen LogP contribution is -2.47. The number of hydrogen-bond donors (Lipinski definition) is 2. The molecule has 2 rings (SSSR count). The van der Waals surface area contributed by atoms with E-state index in [9.17, 15) is 18.0 Å². The van der Waals surface area contributed by atoms with Crippen LogP contribution in [0, 0.1) is 5.41 Å². The highest BCUT2D eigenvalue weighted by atomic mass is 35.5. The van der Waals surface area contributed by atoms with Crippen molar-refractivity contribution in [1.82, 2.24) is 19.2 Å². The van der Waals surface area contributed by atoms with Crippen LogP contribution in [0.2, 0.25) is 0 Å². The van der Waals surface area contributed by atoms with Gasteiger partial charge in [-0.1, -0.05) is 6.92 Å². The molecule has 1 fully saturated rings. The second-order valence-electron chi connectivity index (χ2n) is 6.17. The minimum Gasteiger partial charge on any atom is -0.316 e. The Kier molecular flexibility index (Phi) is 6.19. The summed E-state index contributed by atoms with van der Waals surface area (Å²) < 4.78 is 29.2. The van der Waals surface area contributed by atoms with Gasteiger partial charge >= 0.3 is 5.69 Å². The van der Waals surface area contributed by atoms with E-state index in [0.717, 1.165) is 41.3 Å². The molecule has 1 aromatic heterocycles. The maximum absolute atomic E-state index is 12.4. The van der Waals surface area contributed by atoms with Crippen LogP contribution in [0.25, 0.3) is 0 Å². The van der Waals surface area contributed by atoms with Crippen molar-refractivity contribution in [2.75, 3.05) is 19.6 Å². The summed E-state index contributed by atoms with van der Waals surface area (Å²) in [6, 6.07) is 0. The van der Waals surface area contributed by atoms with E-state index in [0.29, 0.717) is 0 Å². The molecule has 2 N–H and O–H groups in total. The van der Waals surface area contributed by atoms with Crippen molar-refractivity contribution >= 4 is 22.4 Å². The third kappa shape index (κ3) is 4.23. The van der Waals surface area contributed by atoms with E-state index >= 15 is 0 Å². The number of nitrogens with one attached hydrogen (secondary N) is 2. The van der Waals surface area contributed by atoms with Crippen LogP contribution >= 0.6 is 12.4 Å². The summed E-state index contributed by atoms with van der Waals surface area (Å²) in [6.45, 7) is 3.90. The third-order valence-electron chi connectivity index (χ3n) is 4.08. The average molecular weight is 367 g/mol. The monoisotopic (exact) mass is 366 g/mol. The van der Waals surface area contributed by atoms with Gasteiger partial charge in [0.05, 0.1) is 0 Å². The highest BCUT2D eigenvalue weighted by molar-refractivity contribution is 7.89. The number of piperidine rings is 1. The fourth-order valence-corrected chi connectivity index (χ4v) is 3.93. The quantitative estimate of drug-likeness (QED) is 0.724. The normalized spacial score (nSPS) is 21.7. The molecule has 0 saturated carbocycles. The molecule has 0 aromatic carbocycles. The van der Waals surface area contributed by atoms with Gasteiger partial charge in [0.25, 0.3) is 5.56 Å². The maximum Gasteiger partial charge on any atom is 0.330 e. The summed E-state index contributed by atoms with van der Waals surface area (Å²) in [4.78, 5) is 23.3. The predicted molar refractivity (Wildman–Crippen MR) is 89.6 cm³/mol. The Morgan fingerprint density at radius 1 is 1.35 bits per heavy atom. The average Bonchev–Trinajstić information content (AvgIpc) is 2.48. The van der Waals surface area contributed by atoms with Gasteiger partial charge in [0.1, 0.15) is 0 Å². The minimum atomic E-state index is -3.96. The van der Waals surface area contributed by atoms with Gasteiger partial charge in [-0.15, -0.1) is 12.4 Å². The molecule has 1 aliphatic heterocycles. The van der Waals surface area contributed by atoms with Crippen molar-refractivity contribution in [1.29, 1.82) is 0 Å². The lowest BCUT2D eigenvalue weighted by Gasteiger charge is -2.34. The molecule has 1 unspecified atom stereocenters. The summed E-state index contributed by atoms with van der Waals surface area (Å²) in [7, 11) is -1.29. The maximum atomic E-state index is 12.4. The first-order valence-corrected chi connectivity index (χ1v) is 8.62. The number of halogens is 1. The Morgan fingerprint density at radius 3 is 2.57 bits per heavy atom. The second-order valence-corrected chi connectivity index (χ2v) is 7.90. The van der Waals surface area contributed by atoms with Crippen LogP contribution in [0.3, 0.4) is 0 Å². The zero-order chi connectivity index (χ0) is 16.5. The lowest BCUT2D eigenvalue weighted by molar-refractivity contribution is 0.238. The van der Waals surface area contributed by atoms with Gasteiger partial charge in [-0.3, -0.25) is 9.36 Å². The molecular formula is C13H23ClN4O4S. The van der Waals surface area contributed by atoms with E-state index in [1.807, 2.05) is 6.92 Å². The van der Waals surface area contributed by atoms with Crippen LogP contribution in [0.4, 0.5) is 0 Å². The van der Waals surface area contributed by atoms with Gasteiger partial charge in [0, 0.05) is 33.4 Å². The van der Waals surface area contributed by atoms with E-state index in [-0.39, 0.29) is 24.4 Å². The van der Waals surface area contributed by atoms with Crippen LogP contribution in [0.1, 0.15) is 19.8 Å². The molecule has 1 aromatic rings. The molecule has 0 bridgehead atoms. The van der Waals surface area contributed by atoms with Crippen molar-refractivity contribution in [3.63, 3.8) is 0 Å². The van der Waals surface area contributed by atoms with Gasteiger partial charge in [-0.2, -0.15) is 0 Å². The molecule has 2 heterocycles. The van der Waals surface area contributed by atoms with Crippen molar-refractivity contribution in [3.05, 3.63) is 27.0 Å². The molecule has 1 atom stereocenters. The van der Waals surface area contributed by atoms with E-state index in [1.165, 1.54) is 14.1 Å². The van der Waals surface area contributed by atoms with Crippen molar-refractivity contribution < 1.29 is 8.42 Å². The summed E-state index contributed by atoms with van der Waals surface area (Å²) in [5.41, 5.74) is -1.56. The molecule has 0 spiro atoms. The first-order chi connectivity index (χ1) is 10.2. The molecule has 132 valence electrons. The molecule has 1 aliphatic rings. The predicted octanol–water partition coefficient (Wildman–Crippen LogP) is -0.826. The molecule has 0 aliphatic carbocycles. The summed E-state index contributed by atoms with van der Waals surface area (Å²) in [6.07, 6.45) is 2.96. The Morgan fingerprint density at radius 2 is 2.00 bits per heavy atom. The number of aromatic nitrogens is 2. The Labute approximate surface area is 141 Å². The van der Waals surface area contributed by atoms with Gasteiger partial charge < -0.3 is 9.88 Å². The van der Waals surface area contributed by atoms with Crippen LogP contribution < -0.4 is 21.3 Å². The molecule has 23 heavy (non-hydrogen) atoms. The number of nitrogens with zero attached hydrogens (tertiary/aromatic N) is 2. The van der Waals surface area contributed by atoms with E-state index < -0.39 is 26.2 Å². The fraction of sp³-hybridized carbons (Fsp3) is 0.692. The van der Waals surface area contributed by atoms with Gasteiger partial charge in [0.15, 0.2) is 4.90 Å². The number of rotatable bonds is 4. The van der Waals surface area contributed by atoms with Crippen LogP contribution in [-0.4, -0.2) is 37.2 Å². The first kappa shape index (κ1) is 19.9. The Hall–Kier alpha value is -1.16. The Bertz CT molecular complexity index is 778. The third-order valence-corrected chi connectivity index (χ3v) is 5.46. The Balaban J connectivity index is 0.00000264. The zero-order valence-corrected chi connectivity index (χ0v) is 15.1. The molecule has 1 saturated heterocycles. The minimum absolute atomic E-state index is 0. The number of hydrogen-bond acceptors (Lipinski definition) is 5. The SMILES string of the molecule is Cl.Cn1cc(S(=O)(=O)NCC2(C)CCCNC2)c(=O)n(C)c1=O. The second kappa shape index (κ2) is 7.16. The number of sulfonamides is 1.